The van der Waals surface area contributed by atoms with Crippen LogP contribution in [0.2, 0.25) is 0 Å². The van der Waals surface area contributed by atoms with E-state index < -0.39 is 0 Å². The summed E-state index contributed by atoms with van der Waals surface area (Å²) in [5.74, 6) is 5.70. The summed E-state index contributed by atoms with van der Waals surface area (Å²) in [4.78, 5) is 0. The largest absolute Gasteiger partial charge is 0.275 e. The number of nitrogens with zero attached hydrogens (tertiary/aromatic N) is 4. The van der Waals surface area contributed by atoms with E-state index in [0.29, 0.717) is 6.04 Å². The summed E-state index contributed by atoms with van der Waals surface area (Å²) in [5, 5.41) is 8.99. The first kappa shape index (κ1) is 14.7. The van der Waals surface area contributed by atoms with Crippen molar-refractivity contribution in [3.63, 3.8) is 0 Å². The molecule has 0 radical (unpaired) electrons. The summed E-state index contributed by atoms with van der Waals surface area (Å²) in [7, 11) is 1.92. The minimum Gasteiger partial charge on any atom is -0.275 e. The van der Waals surface area contributed by atoms with Crippen molar-refractivity contribution in [1.82, 2.24) is 25.0 Å². The SMILES string of the molecule is CCC(C)n1ccc(CC(NN)c2cn(C)nc2C)n1. The smallest absolute Gasteiger partial charge is 0.0644 e. The highest BCUT2D eigenvalue weighted by Crippen LogP contribution is 2.20. The Labute approximate surface area is 119 Å². The molecule has 0 bridgehead atoms. The van der Waals surface area contributed by atoms with E-state index in [0.717, 1.165) is 29.8 Å². The molecule has 110 valence electrons. The summed E-state index contributed by atoms with van der Waals surface area (Å²) in [6, 6.07) is 2.51. The fourth-order valence-electron chi connectivity index (χ4n) is 2.35. The molecule has 0 aliphatic carbocycles. The van der Waals surface area contributed by atoms with Crippen LogP contribution in [0.15, 0.2) is 18.5 Å². The number of nitrogens with one attached hydrogen (secondary N) is 1. The predicted molar refractivity (Wildman–Crippen MR) is 78.9 cm³/mol. The molecule has 0 saturated carbocycles. The van der Waals surface area contributed by atoms with Crippen LogP contribution in [0.3, 0.4) is 0 Å². The standard InChI is InChI=1S/C14H24N6/c1-5-10(2)20-7-6-12(18-20)8-14(16-15)13-9-19(4)17-11(13)3/h6-7,9-10,14,16H,5,8,15H2,1-4H3. The summed E-state index contributed by atoms with van der Waals surface area (Å²) in [5.41, 5.74) is 6.02. The fraction of sp³-hybridized carbons (Fsp3) is 0.571. The number of hydrazine groups is 1. The van der Waals surface area contributed by atoms with Gasteiger partial charge in [-0.1, -0.05) is 6.92 Å². The molecule has 2 unspecified atom stereocenters. The lowest BCUT2D eigenvalue weighted by atomic mass is 10.0. The predicted octanol–water partition coefficient (Wildman–Crippen LogP) is 1.64. The van der Waals surface area contributed by atoms with Crippen LogP contribution < -0.4 is 11.3 Å². The number of rotatable bonds is 6. The lowest BCUT2D eigenvalue weighted by Crippen LogP contribution is -2.30. The molecule has 2 rings (SSSR count). The summed E-state index contributed by atoms with van der Waals surface area (Å²) in [6.45, 7) is 6.33. The van der Waals surface area contributed by atoms with Crippen LogP contribution in [-0.4, -0.2) is 19.6 Å². The number of nitrogens with two attached hydrogens (primary N) is 1. The Hall–Kier alpha value is -1.66. The fourth-order valence-corrected chi connectivity index (χ4v) is 2.35. The molecule has 6 heteroatoms. The molecule has 2 heterocycles. The van der Waals surface area contributed by atoms with Gasteiger partial charge < -0.3 is 0 Å². The van der Waals surface area contributed by atoms with Gasteiger partial charge in [-0.15, -0.1) is 0 Å². The Morgan fingerprint density at radius 1 is 1.40 bits per heavy atom. The lowest BCUT2D eigenvalue weighted by Gasteiger charge is -2.14. The normalized spacial score (nSPS) is 14.4. The van der Waals surface area contributed by atoms with Crippen molar-refractivity contribution in [2.45, 2.75) is 45.7 Å². The van der Waals surface area contributed by atoms with Crippen LogP contribution in [0.1, 0.15) is 49.3 Å². The van der Waals surface area contributed by atoms with Crippen molar-refractivity contribution in [2.75, 3.05) is 0 Å². The Bertz CT molecular complexity index is 556. The summed E-state index contributed by atoms with van der Waals surface area (Å²) in [6.07, 6.45) is 5.87. The highest BCUT2D eigenvalue weighted by atomic mass is 15.3. The summed E-state index contributed by atoms with van der Waals surface area (Å²) >= 11 is 0. The third-order valence-electron chi connectivity index (χ3n) is 3.75. The minimum absolute atomic E-state index is 0.0315. The molecule has 0 aliphatic rings. The lowest BCUT2D eigenvalue weighted by molar-refractivity contribution is 0.467. The van der Waals surface area contributed by atoms with E-state index in [9.17, 15) is 0 Å². The zero-order valence-corrected chi connectivity index (χ0v) is 12.7. The number of aryl methyl sites for hydroxylation is 2. The quantitative estimate of drug-likeness (QED) is 0.621. The zero-order valence-electron chi connectivity index (χ0n) is 12.7. The first-order chi connectivity index (χ1) is 9.55. The van der Waals surface area contributed by atoms with Crippen molar-refractivity contribution in [3.8, 4) is 0 Å². The Balaban J connectivity index is 2.14. The van der Waals surface area contributed by atoms with E-state index in [4.69, 9.17) is 5.84 Å². The van der Waals surface area contributed by atoms with Crippen LogP contribution in [0.25, 0.3) is 0 Å². The second-order valence-electron chi connectivity index (χ2n) is 5.31. The first-order valence-electron chi connectivity index (χ1n) is 7.05. The van der Waals surface area contributed by atoms with E-state index in [1.54, 1.807) is 0 Å². The van der Waals surface area contributed by atoms with Crippen LogP contribution >= 0.6 is 0 Å². The van der Waals surface area contributed by atoms with Gasteiger partial charge in [0.2, 0.25) is 0 Å². The van der Waals surface area contributed by atoms with Gasteiger partial charge in [0.15, 0.2) is 0 Å². The third kappa shape index (κ3) is 3.08. The van der Waals surface area contributed by atoms with Gasteiger partial charge >= 0.3 is 0 Å². The first-order valence-corrected chi connectivity index (χ1v) is 7.05. The molecule has 2 atom stereocenters. The second-order valence-corrected chi connectivity index (χ2v) is 5.31. The maximum absolute atomic E-state index is 5.70. The molecule has 0 fully saturated rings. The molecule has 6 nitrogen and oxygen atoms in total. The number of hydrogen-bond acceptors (Lipinski definition) is 4. The van der Waals surface area contributed by atoms with Crippen molar-refractivity contribution in [1.29, 1.82) is 0 Å². The van der Waals surface area contributed by atoms with Gasteiger partial charge in [0.25, 0.3) is 0 Å². The maximum atomic E-state index is 5.70. The van der Waals surface area contributed by atoms with Gasteiger partial charge in [0.1, 0.15) is 0 Å². The summed E-state index contributed by atoms with van der Waals surface area (Å²) < 4.78 is 3.83. The Morgan fingerprint density at radius 2 is 2.15 bits per heavy atom. The van der Waals surface area contributed by atoms with Gasteiger partial charge in [-0.2, -0.15) is 10.2 Å². The van der Waals surface area contributed by atoms with E-state index in [2.05, 4.69) is 35.5 Å². The monoisotopic (exact) mass is 276 g/mol. The van der Waals surface area contributed by atoms with E-state index in [1.807, 2.05) is 35.7 Å². The van der Waals surface area contributed by atoms with Crippen molar-refractivity contribution < 1.29 is 0 Å². The van der Waals surface area contributed by atoms with E-state index in [1.165, 1.54) is 0 Å². The van der Waals surface area contributed by atoms with Gasteiger partial charge in [0, 0.05) is 37.5 Å². The molecule has 20 heavy (non-hydrogen) atoms. The third-order valence-corrected chi connectivity index (χ3v) is 3.75. The Morgan fingerprint density at radius 3 is 2.70 bits per heavy atom. The topological polar surface area (TPSA) is 73.7 Å². The zero-order chi connectivity index (χ0) is 14.7. The van der Waals surface area contributed by atoms with Crippen molar-refractivity contribution in [2.24, 2.45) is 12.9 Å². The average Bonchev–Trinajstić information content (AvgIpc) is 3.02. The molecular formula is C14H24N6. The molecular weight excluding hydrogens is 252 g/mol. The van der Waals surface area contributed by atoms with E-state index in [-0.39, 0.29) is 6.04 Å². The molecule has 0 saturated heterocycles. The van der Waals surface area contributed by atoms with Crippen molar-refractivity contribution in [3.05, 3.63) is 35.4 Å². The van der Waals surface area contributed by atoms with Gasteiger partial charge in [-0.3, -0.25) is 20.6 Å². The highest BCUT2D eigenvalue weighted by Gasteiger charge is 2.17. The molecule has 0 spiro atoms. The molecule has 3 N–H and O–H groups in total. The maximum Gasteiger partial charge on any atom is 0.0644 e. The van der Waals surface area contributed by atoms with Gasteiger partial charge in [0.05, 0.1) is 17.4 Å². The second kappa shape index (κ2) is 6.19. The molecule has 0 aliphatic heterocycles. The van der Waals surface area contributed by atoms with Crippen LogP contribution in [0.4, 0.5) is 0 Å². The Kier molecular flexibility index (Phi) is 4.57. The highest BCUT2D eigenvalue weighted by molar-refractivity contribution is 5.22. The molecule has 0 amide bonds. The van der Waals surface area contributed by atoms with Gasteiger partial charge in [-0.25, -0.2) is 0 Å². The molecule has 2 aromatic rings. The number of aromatic nitrogens is 4. The number of hydrogen-bond donors (Lipinski definition) is 2. The average molecular weight is 276 g/mol. The molecule has 2 aromatic heterocycles. The molecule has 0 aromatic carbocycles. The minimum atomic E-state index is 0.0315. The van der Waals surface area contributed by atoms with Crippen LogP contribution in [0.5, 0.6) is 0 Å². The van der Waals surface area contributed by atoms with Gasteiger partial charge in [-0.05, 0) is 26.3 Å². The van der Waals surface area contributed by atoms with Crippen molar-refractivity contribution >= 4 is 0 Å². The van der Waals surface area contributed by atoms with Crippen LogP contribution in [-0.2, 0) is 13.5 Å². The van der Waals surface area contributed by atoms with E-state index >= 15 is 0 Å². The van der Waals surface area contributed by atoms with Crippen LogP contribution in [0, 0.1) is 6.92 Å².